The lowest BCUT2D eigenvalue weighted by Gasteiger charge is -2.10. The number of hydrogen-bond acceptors (Lipinski definition) is 1. The first-order valence-corrected chi connectivity index (χ1v) is 6.91. The van der Waals surface area contributed by atoms with Crippen LogP contribution in [0.15, 0.2) is 42.5 Å². The summed E-state index contributed by atoms with van der Waals surface area (Å²) >= 11 is 12.0. The third-order valence-corrected chi connectivity index (χ3v) is 3.64. The number of halogens is 2. The molecule has 0 saturated heterocycles. The van der Waals surface area contributed by atoms with Crippen LogP contribution in [0.4, 0.5) is 0 Å². The molecular weight excluding hydrogens is 279 g/mol. The first-order chi connectivity index (χ1) is 9.20. The predicted octanol–water partition coefficient (Wildman–Crippen LogP) is 4.73. The van der Waals surface area contributed by atoms with Gasteiger partial charge in [0.2, 0.25) is 0 Å². The summed E-state index contributed by atoms with van der Waals surface area (Å²) in [5.41, 5.74) is 4.17. The molecule has 0 aliphatic rings. The molecule has 4 heteroatoms. The van der Waals surface area contributed by atoms with Gasteiger partial charge < -0.3 is 0 Å². The Morgan fingerprint density at radius 1 is 1.16 bits per heavy atom. The predicted molar refractivity (Wildman–Crippen MR) is 80.4 cm³/mol. The van der Waals surface area contributed by atoms with Gasteiger partial charge in [0.25, 0.3) is 0 Å². The Balaban J connectivity index is 2.36. The van der Waals surface area contributed by atoms with E-state index in [1.54, 1.807) is 0 Å². The third kappa shape index (κ3) is 2.11. The van der Waals surface area contributed by atoms with Gasteiger partial charge in [-0.25, -0.2) is 4.98 Å². The number of aromatic nitrogens is 2. The maximum Gasteiger partial charge on any atom is 0.129 e. The summed E-state index contributed by atoms with van der Waals surface area (Å²) in [5, 5.41) is 0.683. The molecule has 3 aromatic rings. The van der Waals surface area contributed by atoms with Crippen molar-refractivity contribution in [1.82, 2.24) is 9.55 Å². The van der Waals surface area contributed by atoms with Crippen LogP contribution in [0.25, 0.3) is 16.7 Å². The quantitative estimate of drug-likeness (QED) is 0.624. The topological polar surface area (TPSA) is 17.8 Å². The second kappa shape index (κ2) is 4.87. The Bertz CT molecular complexity index is 747. The molecule has 0 amide bonds. The van der Waals surface area contributed by atoms with E-state index in [0.717, 1.165) is 22.5 Å². The van der Waals surface area contributed by atoms with Crippen molar-refractivity contribution >= 4 is 34.2 Å². The lowest BCUT2D eigenvalue weighted by atomic mass is 10.2. The van der Waals surface area contributed by atoms with Gasteiger partial charge in [-0.05, 0) is 36.8 Å². The molecule has 0 unspecified atom stereocenters. The maximum absolute atomic E-state index is 6.03. The highest BCUT2D eigenvalue weighted by Gasteiger charge is 2.13. The van der Waals surface area contributed by atoms with Crippen LogP contribution in [-0.4, -0.2) is 9.55 Å². The standard InChI is InChI=1S/C15H12Cl2N2/c1-10-4-2-3-5-13(10)19-14-7-6-11(17)8-12(14)18-15(19)9-16/h2-8H,9H2,1H3. The van der Waals surface area contributed by atoms with Crippen LogP contribution in [0.2, 0.25) is 5.02 Å². The Morgan fingerprint density at radius 2 is 1.95 bits per heavy atom. The summed E-state index contributed by atoms with van der Waals surface area (Å²) in [6, 6.07) is 13.9. The number of imidazole rings is 1. The number of alkyl halides is 1. The van der Waals surface area contributed by atoms with E-state index < -0.39 is 0 Å². The molecule has 0 radical (unpaired) electrons. The number of para-hydroxylation sites is 1. The van der Waals surface area contributed by atoms with E-state index in [2.05, 4.69) is 28.6 Å². The second-order valence-electron chi connectivity index (χ2n) is 4.42. The molecule has 0 N–H and O–H groups in total. The second-order valence-corrected chi connectivity index (χ2v) is 5.12. The Morgan fingerprint density at radius 3 is 2.68 bits per heavy atom. The SMILES string of the molecule is Cc1ccccc1-n1c(CCl)nc2cc(Cl)ccc21. The number of aryl methyl sites for hydroxylation is 1. The number of rotatable bonds is 2. The molecular formula is C15H12Cl2N2. The van der Waals surface area contributed by atoms with Crippen LogP contribution < -0.4 is 0 Å². The summed E-state index contributed by atoms with van der Waals surface area (Å²) in [6.07, 6.45) is 0. The van der Waals surface area contributed by atoms with Crippen molar-refractivity contribution in [1.29, 1.82) is 0 Å². The highest BCUT2D eigenvalue weighted by molar-refractivity contribution is 6.31. The van der Waals surface area contributed by atoms with Crippen LogP contribution in [0.1, 0.15) is 11.4 Å². The van der Waals surface area contributed by atoms with Crippen molar-refractivity contribution in [2.45, 2.75) is 12.8 Å². The Hall–Kier alpha value is -1.51. The fourth-order valence-electron chi connectivity index (χ4n) is 2.28. The highest BCUT2D eigenvalue weighted by Crippen LogP contribution is 2.26. The van der Waals surface area contributed by atoms with Gasteiger partial charge in [0.15, 0.2) is 0 Å². The average Bonchev–Trinajstić information content (AvgIpc) is 2.76. The van der Waals surface area contributed by atoms with Crippen molar-refractivity contribution in [2.24, 2.45) is 0 Å². The molecule has 96 valence electrons. The van der Waals surface area contributed by atoms with Crippen LogP contribution in [-0.2, 0) is 5.88 Å². The van der Waals surface area contributed by atoms with Crippen LogP contribution in [0.3, 0.4) is 0 Å². The molecule has 2 nitrogen and oxygen atoms in total. The minimum atomic E-state index is 0.362. The molecule has 1 heterocycles. The van der Waals surface area contributed by atoms with Crippen molar-refractivity contribution < 1.29 is 0 Å². The fourth-order valence-corrected chi connectivity index (χ4v) is 2.62. The highest BCUT2D eigenvalue weighted by atomic mass is 35.5. The number of fused-ring (bicyclic) bond motifs is 1. The monoisotopic (exact) mass is 290 g/mol. The lowest BCUT2D eigenvalue weighted by molar-refractivity contribution is 0.972. The van der Waals surface area contributed by atoms with Crippen molar-refractivity contribution in [3.05, 3.63) is 58.9 Å². The zero-order chi connectivity index (χ0) is 13.4. The number of nitrogens with zero attached hydrogens (tertiary/aromatic N) is 2. The zero-order valence-electron chi connectivity index (χ0n) is 10.4. The van der Waals surface area contributed by atoms with E-state index in [1.807, 2.05) is 30.3 Å². The summed E-state index contributed by atoms with van der Waals surface area (Å²) in [6.45, 7) is 2.08. The number of hydrogen-bond donors (Lipinski definition) is 0. The van der Waals surface area contributed by atoms with Gasteiger partial charge in [-0.3, -0.25) is 4.57 Å². The summed E-state index contributed by atoms with van der Waals surface area (Å²) in [4.78, 5) is 4.56. The molecule has 0 atom stereocenters. The van der Waals surface area contributed by atoms with Crippen LogP contribution >= 0.6 is 23.2 Å². The Labute approximate surface area is 121 Å². The Kier molecular flexibility index (Phi) is 3.21. The van der Waals surface area contributed by atoms with E-state index >= 15 is 0 Å². The van der Waals surface area contributed by atoms with E-state index in [0.29, 0.717) is 10.9 Å². The minimum absolute atomic E-state index is 0.362. The third-order valence-electron chi connectivity index (χ3n) is 3.16. The first-order valence-electron chi connectivity index (χ1n) is 5.99. The molecule has 0 aliphatic heterocycles. The molecule has 19 heavy (non-hydrogen) atoms. The van der Waals surface area contributed by atoms with Gasteiger partial charge in [-0.2, -0.15) is 0 Å². The van der Waals surface area contributed by atoms with E-state index in [-0.39, 0.29) is 0 Å². The number of benzene rings is 2. The van der Waals surface area contributed by atoms with Gasteiger partial charge in [0.1, 0.15) is 5.82 Å². The van der Waals surface area contributed by atoms with Gasteiger partial charge in [0.05, 0.1) is 22.6 Å². The molecule has 3 rings (SSSR count). The van der Waals surface area contributed by atoms with Crippen molar-refractivity contribution in [3.63, 3.8) is 0 Å². The molecule has 0 aliphatic carbocycles. The largest absolute Gasteiger partial charge is 0.295 e. The zero-order valence-corrected chi connectivity index (χ0v) is 11.9. The lowest BCUT2D eigenvalue weighted by Crippen LogP contribution is -2.01. The van der Waals surface area contributed by atoms with Gasteiger partial charge in [-0.15, -0.1) is 11.6 Å². The molecule has 2 aromatic carbocycles. The summed E-state index contributed by atoms with van der Waals surface area (Å²) in [7, 11) is 0. The van der Waals surface area contributed by atoms with Crippen LogP contribution in [0, 0.1) is 6.92 Å². The summed E-state index contributed by atoms with van der Waals surface area (Å²) in [5.74, 6) is 1.19. The van der Waals surface area contributed by atoms with Gasteiger partial charge in [0, 0.05) is 5.02 Å². The molecule has 1 aromatic heterocycles. The molecule has 0 spiro atoms. The fraction of sp³-hybridized carbons (Fsp3) is 0.133. The van der Waals surface area contributed by atoms with Crippen LogP contribution in [0.5, 0.6) is 0 Å². The van der Waals surface area contributed by atoms with E-state index in [1.165, 1.54) is 5.56 Å². The smallest absolute Gasteiger partial charge is 0.129 e. The van der Waals surface area contributed by atoms with Gasteiger partial charge in [-0.1, -0.05) is 29.8 Å². The van der Waals surface area contributed by atoms with Gasteiger partial charge >= 0.3 is 0 Å². The minimum Gasteiger partial charge on any atom is -0.295 e. The molecule has 0 fully saturated rings. The van der Waals surface area contributed by atoms with Crippen molar-refractivity contribution in [2.75, 3.05) is 0 Å². The summed E-state index contributed by atoms with van der Waals surface area (Å²) < 4.78 is 2.09. The molecule has 0 saturated carbocycles. The van der Waals surface area contributed by atoms with E-state index in [4.69, 9.17) is 23.2 Å². The van der Waals surface area contributed by atoms with Crippen molar-refractivity contribution in [3.8, 4) is 5.69 Å². The average molecular weight is 291 g/mol. The molecule has 0 bridgehead atoms. The first kappa shape index (κ1) is 12.5. The normalized spacial score (nSPS) is 11.1. The van der Waals surface area contributed by atoms with E-state index in [9.17, 15) is 0 Å². The maximum atomic E-state index is 6.03.